The van der Waals surface area contributed by atoms with Gasteiger partial charge >= 0.3 is 0 Å². The maximum atomic E-state index is 13.9. The van der Waals surface area contributed by atoms with E-state index in [1.54, 1.807) is 50.2 Å². The average molecular weight is 405 g/mol. The summed E-state index contributed by atoms with van der Waals surface area (Å²) in [5.41, 5.74) is 1.89. The first-order valence-electron chi connectivity index (χ1n) is 9.21. The summed E-state index contributed by atoms with van der Waals surface area (Å²) >= 11 is 0. The van der Waals surface area contributed by atoms with E-state index >= 15 is 0 Å². The van der Waals surface area contributed by atoms with Gasteiger partial charge in [0.2, 0.25) is 0 Å². The number of carbonyl (C=O) groups excluding carboxylic acids is 1. The smallest absolute Gasteiger partial charge is 0.265 e. The Morgan fingerprint density at radius 2 is 1.77 bits per heavy atom. The lowest BCUT2D eigenvalue weighted by molar-refractivity contribution is 0.102. The van der Waals surface area contributed by atoms with Gasteiger partial charge in [-0.1, -0.05) is 12.1 Å². The van der Waals surface area contributed by atoms with Crippen LogP contribution in [-0.2, 0) is 0 Å². The Morgan fingerprint density at radius 1 is 1.00 bits per heavy atom. The van der Waals surface area contributed by atoms with Crippen LogP contribution in [0.5, 0.6) is 0 Å². The first-order chi connectivity index (χ1) is 14.3. The van der Waals surface area contributed by atoms with Crippen molar-refractivity contribution in [1.82, 2.24) is 9.55 Å². The van der Waals surface area contributed by atoms with Crippen LogP contribution in [0, 0.1) is 25.5 Å². The molecule has 0 bridgehead atoms. The predicted octanol–water partition coefficient (Wildman–Crippen LogP) is 4.53. The molecule has 1 N–H and O–H groups in total. The molecule has 4 rings (SSSR count). The van der Waals surface area contributed by atoms with Crippen LogP contribution in [0.25, 0.3) is 16.6 Å². The Bertz CT molecular complexity index is 1360. The normalized spacial score (nSPS) is 10.9. The minimum Gasteiger partial charge on any atom is -0.322 e. The van der Waals surface area contributed by atoms with Gasteiger partial charge in [0.15, 0.2) is 0 Å². The summed E-state index contributed by atoms with van der Waals surface area (Å²) in [5, 5.41) is 3.12. The fourth-order valence-corrected chi connectivity index (χ4v) is 3.34. The fourth-order valence-electron chi connectivity index (χ4n) is 3.34. The molecule has 4 aromatic rings. The van der Waals surface area contributed by atoms with E-state index in [0.717, 1.165) is 12.1 Å². The molecule has 0 spiro atoms. The average Bonchev–Trinajstić information content (AvgIpc) is 2.70. The molecule has 0 saturated heterocycles. The van der Waals surface area contributed by atoms with Crippen LogP contribution in [0.2, 0.25) is 0 Å². The minimum atomic E-state index is -0.939. The van der Waals surface area contributed by atoms with Crippen molar-refractivity contribution in [2.24, 2.45) is 0 Å². The van der Waals surface area contributed by atoms with Crippen molar-refractivity contribution in [2.45, 2.75) is 13.8 Å². The number of halogens is 2. The van der Waals surface area contributed by atoms with Gasteiger partial charge < -0.3 is 5.32 Å². The summed E-state index contributed by atoms with van der Waals surface area (Å²) in [4.78, 5) is 29.8. The molecule has 0 fully saturated rings. The topological polar surface area (TPSA) is 64.0 Å². The van der Waals surface area contributed by atoms with Gasteiger partial charge in [0.05, 0.1) is 22.2 Å². The molecule has 0 unspecified atom stereocenters. The number of amides is 1. The zero-order chi connectivity index (χ0) is 21.4. The second-order valence-electron chi connectivity index (χ2n) is 6.89. The Hall–Kier alpha value is -3.87. The van der Waals surface area contributed by atoms with Crippen molar-refractivity contribution in [2.75, 3.05) is 5.32 Å². The number of nitrogens with zero attached hydrogens (tertiary/aromatic N) is 2. The van der Waals surface area contributed by atoms with Gasteiger partial charge in [-0.2, -0.15) is 0 Å². The standard InChI is InChI=1S/C23H17F2N3O2/c1-13-11-16(28-14(2)26-21-6-4-3-5-18(21)23(28)30)8-10-20(13)27-22(29)17-9-7-15(24)12-19(17)25/h3-12H,1-2H3,(H,27,29). The number of para-hydroxylation sites is 1. The molecule has 7 heteroatoms. The zero-order valence-electron chi connectivity index (χ0n) is 16.2. The monoisotopic (exact) mass is 405 g/mol. The lowest BCUT2D eigenvalue weighted by Gasteiger charge is -2.14. The lowest BCUT2D eigenvalue weighted by atomic mass is 10.1. The third-order valence-corrected chi connectivity index (χ3v) is 4.84. The molecular weight excluding hydrogens is 388 g/mol. The number of benzene rings is 3. The van der Waals surface area contributed by atoms with Crippen molar-refractivity contribution < 1.29 is 13.6 Å². The predicted molar refractivity (Wildman–Crippen MR) is 111 cm³/mol. The fraction of sp³-hybridized carbons (Fsp3) is 0.0870. The van der Waals surface area contributed by atoms with Gasteiger partial charge in [-0.3, -0.25) is 14.2 Å². The second kappa shape index (κ2) is 7.51. The molecular formula is C23H17F2N3O2. The maximum absolute atomic E-state index is 13.9. The van der Waals surface area contributed by atoms with Gasteiger partial charge in [-0.15, -0.1) is 0 Å². The number of aryl methyl sites for hydroxylation is 2. The Balaban J connectivity index is 1.70. The third-order valence-electron chi connectivity index (χ3n) is 4.84. The van der Waals surface area contributed by atoms with Gasteiger partial charge in [0.1, 0.15) is 17.5 Å². The van der Waals surface area contributed by atoms with E-state index < -0.39 is 17.5 Å². The first kappa shape index (κ1) is 19.4. The van der Waals surface area contributed by atoms with Crippen molar-refractivity contribution in [3.05, 3.63) is 99.6 Å². The highest BCUT2D eigenvalue weighted by molar-refractivity contribution is 6.04. The van der Waals surface area contributed by atoms with Crippen LogP contribution >= 0.6 is 0 Å². The number of anilines is 1. The summed E-state index contributed by atoms with van der Waals surface area (Å²) in [6.07, 6.45) is 0. The maximum Gasteiger partial charge on any atom is 0.265 e. The van der Waals surface area contributed by atoms with E-state index in [-0.39, 0.29) is 11.1 Å². The highest BCUT2D eigenvalue weighted by Gasteiger charge is 2.15. The summed E-state index contributed by atoms with van der Waals surface area (Å²) < 4.78 is 28.4. The highest BCUT2D eigenvalue weighted by Crippen LogP contribution is 2.21. The molecule has 1 heterocycles. The van der Waals surface area contributed by atoms with Crippen molar-refractivity contribution in [3.8, 4) is 5.69 Å². The largest absolute Gasteiger partial charge is 0.322 e. The Morgan fingerprint density at radius 3 is 2.50 bits per heavy atom. The molecule has 3 aromatic carbocycles. The molecule has 1 aromatic heterocycles. The molecule has 30 heavy (non-hydrogen) atoms. The summed E-state index contributed by atoms with van der Waals surface area (Å²) in [7, 11) is 0. The third kappa shape index (κ3) is 3.45. The van der Waals surface area contributed by atoms with Crippen LogP contribution < -0.4 is 10.9 Å². The van der Waals surface area contributed by atoms with Gasteiger partial charge in [0, 0.05) is 11.8 Å². The molecule has 0 aliphatic heterocycles. The van der Waals surface area contributed by atoms with E-state index in [1.807, 2.05) is 6.07 Å². The molecule has 150 valence electrons. The van der Waals surface area contributed by atoms with Gasteiger partial charge in [0.25, 0.3) is 11.5 Å². The van der Waals surface area contributed by atoms with Crippen LogP contribution in [0.15, 0.2) is 65.5 Å². The van der Waals surface area contributed by atoms with Crippen LogP contribution in [0.3, 0.4) is 0 Å². The summed E-state index contributed by atoms with van der Waals surface area (Å²) in [6.45, 7) is 3.51. The van der Waals surface area contributed by atoms with E-state index in [9.17, 15) is 18.4 Å². The van der Waals surface area contributed by atoms with E-state index in [1.165, 1.54) is 4.57 Å². The van der Waals surface area contributed by atoms with Crippen molar-refractivity contribution in [1.29, 1.82) is 0 Å². The number of hydrogen-bond donors (Lipinski definition) is 1. The van der Waals surface area contributed by atoms with E-state index in [0.29, 0.717) is 39.7 Å². The highest BCUT2D eigenvalue weighted by atomic mass is 19.1. The van der Waals surface area contributed by atoms with Gasteiger partial charge in [-0.05, 0) is 61.9 Å². The zero-order valence-corrected chi connectivity index (χ0v) is 16.2. The molecule has 5 nitrogen and oxygen atoms in total. The summed E-state index contributed by atoms with van der Waals surface area (Å²) in [5.74, 6) is -1.85. The first-order valence-corrected chi connectivity index (χ1v) is 9.21. The number of carbonyl (C=O) groups is 1. The Labute approximate surface area is 170 Å². The SMILES string of the molecule is Cc1cc(-n2c(C)nc3ccccc3c2=O)ccc1NC(=O)c1ccc(F)cc1F. The molecule has 0 saturated carbocycles. The quantitative estimate of drug-likeness (QED) is 0.545. The lowest BCUT2D eigenvalue weighted by Crippen LogP contribution is -2.22. The van der Waals surface area contributed by atoms with E-state index in [2.05, 4.69) is 10.3 Å². The molecule has 1 amide bonds. The van der Waals surface area contributed by atoms with Gasteiger partial charge in [-0.25, -0.2) is 13.8 Å². The molecule has 0 aliphatic carbocycles. The van der Waals surface area contributed by atoms with Crippen molar-refractivity contribution >= 4 is 22.5 Å². The van der Waals surface area contributed by atoms with Crippen LogP contribution in [0.4, 0.5) is 14.5 Å². The van der Waals surface area contributed by atoms with Crippen molar-refractivity contribution in [3.63, 3.8) is 0 Å². The number of fused-ring (bicyclic) bond motifs is 1. The number of nitrogens with one attached hydrogen (secondary N) is 1. The van der Waals surface area contributed by atoms with E-state index in [4.69, 9.17) is 0 Å². The van der Waals surface area contributed by atoms with Crippen LogP contribution in [-0.4, -0.2) is 15.5 Å². The summed E-state index contributed by atoms with van der Waals surface area (Å²) in [6, 6.07) is 14.9. The Kier molecular flexibility index (Phi) is 4.87. The van der Waals surface area contributed by atoms with Crippen LogP contribution in [0.1, 0.15) is 21.7 Å². The second-order valence-corrected chi connectivity index (χ2v) is 6.89. The molecule has 0 atom stereocenters. The minimum absolute atomic E-state index is 0.192. The molecule has 0 aliphatic rings. The number of hydrogen-bond acceptors (Lipinski definition) is 3. The number of rotatable bonds is 3. The molecule has 0 radical (unpaired) electrons. The number of aromatic nitrogens is 2.